The van der Waals surface area contributed by atoms with Gasteiger partial charge in [0.15, 0.2) is 9.84 Å². The Hall–Kier alpha value is -2.42. The van der Waals surface area contributed by atoms with E-state index < -0.39 is 9.84 Å². The first-order chi connectivity index (χ1) is 16.3. The van der Waals surface area contributed by atoms with Crippen LogP contribution in [0.2, 0.25) is 0 Å². The molecule has 184 valence electrons. The van der Waals surface area contributed by atoms with E-state index in [1.165, 1.54) is 11.1 Å². The third-order valence-electron chi connectivity index (χ3n) is 6.82. The molecule has 1 atom stereocenters. The van der Waals surface area contributed by atoms with Crippen LogP contribution in [0, 0.1) is 6.92 Å². The van der Waals surface area contributed by atoms with Crippen molar-refractivity contribution in [3.05, 3.63) is 65.2 Å². The van der Waals surface area contributed by atoms with Crippen molar-refractivity contribution in [3.8, 4) is 5.75 Å². The van der Waals surface area contributed by atoms with E-state index in [-0.39, 0.29) is 23.5 Å². The van der Waals surface area contributed by atoms with E-state index in [0.717, 1.165) is 44.0 Å². The van der Waals surface area contributed by atoms with Crippen molar-refractivity contribution in [2.75, 3.05) is 51.3 Å². The molecule has 1 amide bonds. The molecule has 2 heterocycles. The normalized spacial score (nSPS) is 20.8. The molecule has 0 aliphatic carbocycles. The monoisotopic (exact) mass is 485 g/mol. The number of ether oxygens (including phenoxy) is 1. The number of piperazine rings is 1. The maximum Gasteiger partial charge on any atom is 0.237 e. The molecular formula is C26H35N3O4S. The predicted octanol–water partition coefficient (Wildman–Crippen LogP) is 2.34. The summed E-state index contributed by atoms with van der Waals surface area (Å²) in [6.45, 7) is 7.06. The fourth-order valence-corrected chi connectivity index (χ4v) is 6.61. The van der Waals surface area contributed by atoms with Gasteiger partial charge in [0.2, 0.25) is 5.91 Å². The van der Waals surface area contributed by atoms with Crippen LogP contribution in [0.5, 0.6) is 5.75 Å². The van der Waals surface area contributed by atoms with Crippen molar-refractivity contribution in [2.24, 2.45) is 0 Å². The zero-order valence-corrected chi connectivity index (χ0v) is 21.0. The van der Waals surface area contributed by atoms with Crippen LogP contribution in [-0.4, -0.2) is 86.4 Å². The zero-order valence-electron chi connectivity index (χ0n) is 20.2. The van der Waals surface area contributed by atoms with E-state index in [2.05, 4.69) is 28.9 Å². The van der Waals surface area contributed by atoms with E-state index in [1.807, 2.05) is 36.4 Å². The van der Waals surface area contributed by atoms with E-state index >= 15 is 0 Å². The van der Waals surface area contributed by atoms with Gasteiger partial charge in [-0.1, -0.05) is 48.0 Å². The molecule has 2 saturated heterocycles. The summed E-state index contributed by atoms with van der Waals surface area (Å²) >= 11 is 0. The molecule has 34 heavy (non-hydrogen) atoms. The molecule has 2 aromatic rings. The summed E-state index contributed by atoms with van der Waals surface area (Å²) in [5.41, 5.74) is 3.42. The molecule has 0 radical (unpaired) electrons. The minimum absolute atomic E-state index is 0.0137. The second kappa shape index (κ2) is 10.9. The maximum atomic E-state index is 13.4. The van der Waals surface area contributed by atoms with Gasteiger partial charge in [0, 0.05) is 50.9 Å². The highest BCUT2D eigenvalue weighted by Crippen LogP contribution is 2.23. The summed E-state index contributed by atoms with van der Waals surface area (Å²) in [6.07, 6.45) is 0.521. The van der Waals surface area contributed by atoms with Crippen molar-refractivity contribution in [3.63, 3.8) is 0 Å². The molecule has 8 heteroatoms. The van der Waals surface area contributed by atoms with E-state index in [9.17, 15) is 13.2 Å². The molecule has 0 unspecified atom stereocenters. The van der Waals surface area contributed by atoms with E-state index in [1.54, 1.807) is 12.0 Å². The highest BCUT2D eigenvalue weighted by molar-refractivity contribution is 7.91. The Morgan fingerprint density at radius 1 is 1.06 bits per heavy atom. The molecule has 2 aliphatic heterocycles. The standard InChI is InChI=1S/C26H35N3O4S/c1-21-8-9-25(33-2)23(16-21)18-27-11-13-28(14-12-27)19-26(30)29(17-22-6-4-3-5-7-22)24-10-15-34(31,32)20-24/h3-9,16,24H,10-15,17-20H2,1-2H3/t24-/m1/s1. The van der Waals surface area contributed by atoms with Crippen molar-refractivity contribution >= 4 is 15.7 Å². The van der Waals surface area contributed by atoms with Gasteiger partial charge in [0.25, 0.3) is 0 Å². The molecular weight excluding hydrogens is 450 g/mol. The molecule has 0 saturated carbocycles. The molecule has 0 bridgehead atoms. The molecule has 4 rings (SSSR count). The molecule has 2 aliphatic rings. The minimum atomic E-state index is -3.07. The van der Waals surface area contributed by atoms with Crippen LogP contribution in [0.15, 0.2) is 48.5 Å². The third kappa shape index (κ3) is 6.37. The lowest BCUT2D eigenvalue weighted by atomic mass is 10.1. The van der Waals surface area contributed by atoms with Crippen molar-refractivity contribution in [1.82, 2.24) is 14.7 Å². The van der Waals surface area contributed by atoms with Crippen LogP contribution in [0.1, 0.15) is 23.1 Å². The number of carbonyl (C=O) groups is 1. The van der Waals surface area contributed by atoms with Crippen molar-refractivity contribution in [2.45, 2.75) is 32.5 Å². The lowest BCUT2D eigenvalue weighted by molar-refractivity contribution is -0.135. The minimum Gasteiger partial charge on any atom is -0.496 e. The van der Waals surface area contributed by atoms with Gasteiger partial charge in [-0.25, -0.2) is 8.42 Å². The van der Waals surface area contributed by atoms with Crippen LogP contribution in [0.4, 0.5) is 0 Å². The second-order valence-electron chi connectivity index (χ2n) is 9.43. The number of methoxy groups -OCH3 is 1. The predicted molar refractivity (Wildman–Crippen MR) is 133 cm³/mol. The number of amides is 1. The first-order valence-corrected chi connectivity index (χ1v) is 13.8. The second-order valence-corrected chi connectivity index (χ2v) is 11.7. The summed E-state index contributed by atoms with van der Waals surface area (Å²) in [5.74, 6) is 1.15. The summed E-state index contributed by atoms with van der Waals surface area (Å²) in [7, 11) is -1.37. The number of nitrogens with zero attached hydrogens (tertiary/aromatic N) is 3. The Morgan fingerprint density at radius 2 is 1.76 bits per heavy atom. The SMILES string of the molecule is COc1ccc(C)cc1CN1CCN(CC(=O)N(Cc2ccccc2)[C@@H]2CCS(=O)(=O)C2)CC1. The fraction of sp³-hybridized carbons (Fsp3) is 0.500. The number of hydrogen-bond donors (Lipinski definition) is 0. The molecule has 2 fully saturated rings. The summed E-state index contributed by atoms with van der Waals surface area (Å²) in [4.78, 5) is 19.7. The van der Waals surface area contributed by atoms with Gasteiger partial charge in [0.1, 0.15) is 5.75 Å². The number of carbonyl (C=O) groups excluding carboxylic acids is 1. The Kier molecular flexibility index (Phi) is 7.91. The molecule has 0 spiro atoms. The summed E-state index contributed by atoms with van der Waals surface area (Å²) < 4.78 is 29.7. The van der Waals surface area contributed by atoms with Crippen LogP contribution in [-0.2, 0) is 27.7 Å². The third-order valence-corrected chi connectivity index (χ3v) is 8.57. The first kappa shape index (κ1) is 24.7. The number of aryl methyl sites for hydroxylation is 1. The van der Waals surface area contributed by atoms with Crippen molar-refractivity contribution in [1.29, 1.82) is 0 Å². The van der Waals surface area contributed by atoms with E-state index in [0.29, 0.717) is 19.5 Å². The van der Waals surface area contributed by atoms with Gasteiger partial charge >= 0.3 is 0 Å². The number of benzene rings is 2. The fourth-order valence-electron chi connectivity index (χ4n) is 4.88. The average Bonchev–Trinajstić information content (AvgIpc) is 3.19. The highest BCUT2D eigenvalue weighted by Gasteiger charge is 2.35. The Balaban J connectivity index is 1.36. The largest absolute Gasteiger partial charge is 0.496 e. The number of rotatable bonds is 8. The molecule has 0 aromatic heterocycles. The number of sulfone groups is 1. The van der Waals surface area contributed by atoms with Crippen molar-refractivity contribution < 1.29 is 17.9 Å². The quantitative estimate of drug-likeness (QED) is 0.572. The average molecular weight is 486 g/mol. The van der Waals surface area contributed by atoms with Gasteiger partial charge in [-0.15, -0.1) is 0 Å². The van der Waals surface area contributed by atoms with Crippen LogP contribution < -0.4 is 4.74 Å². The lowest BCUT2D eigenvalue weighted by Gasteiger charge is -2.36. The van der Waals surface area contributed by atoms with Gasteiger partial charge in [-0.3, -0.25) is 14.6 Å². The Labute approximate surface area is 203 Å². The zero-order chi connectivity index (χ0) is 24.1. The first-order valence-electron chi connectivity index (χ1n) is 11.9. The van der Waals surface area contributed by atoms with Gasteiger partial charge in [-0.05, 0) is 25.0 Å². The topological polar surface area (TPSA) is 70.2 Å². The number of hydrogen-bond acceptors (Lipinski definition) is 6. The molecule has 0 N–H and O–H groups in total. The summed E-state index contributed by atoms with van der Waals surface area (Å²) in [5, 5.41) is 0. The van der Waals surface area contributed by atoms with Gasteiger partial charge in [-0.2, -0.15) is 0 Å². The Bertz CT molecular complexity index is 1080. The smallest absolute Gasteiger partial charge is 0.237 e. The van der Waals surface area contributed by atoms with Crippen LogP contribution in [0.3, 0.4) is 0 Å². The lowest BCUT2D eigenvalue weighted by Crippen LogP contribution is -2.51. The maximum absolute atomic E-state index is 13.4. The van der Waals surface area contributed by atoms with Crippen LogP contribution >= 0.6 is 0 Å². The Morgan fingerprint density at radius 3 is 2.41 bits per heavy atom. The van der Waals surface area contributed by atoms with Crippen LogP contribution in [0.25, 0.3) is 0 Å². The molecule has 7 nitrogen and oxygen atoms in total. The summed E-state index contributed by atoms with van der Waals surface area (Å²) in [6, 6.07) is 15.8. The van der Waals surface area contributed by atoms with Gasteiger partial charge < -0.3 is 9.64 Å². The van der Waals surface area contributed by atoms with E-state index in [4.69, 9.17) is 4.74 Å². The van der Waals surface area contributed by atoms with Gasteiger partial charge in [0.05, 0.1) is 25.2 Å². The highest BCUT2D eigenvalue weighted by atomic mass is 32.2. The molecule has 2 aromatic carbocycles.